The molecule has 1 saturated heterocycles. The Bertz CT molecular complexity index is 438. The van der Waals surface area contributed by atoms with Crippen LogP contribution in [0.15, 0.2) is 18.2 Å². The molecule has 0 bridgehead atoms. The SMILES string of the molecule is OC1(c2cc(C(F)(F)F)ccc2F)CCNCC1. The van der Waals surface area contributed by atoms with Crippen LogP contribution in [0.1, 0.15) is 24.0 Å². The van der Waals surface area contributed by atoms with Crippen molar-refractivity contribution in [1.82, 2.24) is 5.32 Å². The number of benzene rings is 1. The summed E-state index contributed by atoms with van der Waals surface area (Å²) >= 11 is 0. The third-order valence-electron chi connectivity index (χ3n) is 3.23. The first-order valence-corrected chi connectivity index (χ1v) is 5.63. The van der Waals surface area contributed by atoms with Crippen LogP contribution in [-0.4, -0.2) is 18.2 Å². The van der Waals surface area contributed by atoms with Gasteiger partial charge in [0.2, 0.25) is 0 Å². The molecule has 0 aliphatic carbocycles. The largest absolute Gasteiger partial charge is 0.416 e. The monoisotopic (exact) mass is 263 g/mol. The summed E-state index contributed by atoms with van der Waals surface area (Å²) in [4.78, 5) is 0. The second-order valence-electron chi connectivity index (χ2n) is 4.47. The summed E-state index contributed by atoms with van der Waals surface area (Å²) in [7, 11) is 0. The van der Waals surface area contributed by atoms with Gasteiger partial charge in [-0.25, -0.2) is 4.39 Å². The smallest absolute Gasteiger partial charge is 0.385 e. The van der Waals surface area contributed by atoms with Crippen LogP contribution in [0.3, 0.4) is 0 Å². The molecule has 0 radical (unpaired) electrons. The summed E-state index contributed by atoms with van der Waals surface area (Å²) in [5.74, 6) is -0.799. The summed E-state index contributed by atoms with van der Waals surface area (Å²) < 4.78 is 51.4. The lowest BCUT2D eigenvalue weighted by Crippen LogP contribution is -2.40. The minimum absolute atomic E-state index is 0.200. The average molecular weight is 263 g/mol. The van der Waals surface area contributed by atoms with Crippen molar-refractivity contribution < 1.29 is 22.7 Å². The molecule has 1 aromatic rings. The van der Waals surface area contributed by atoms with Gasteiger partial charge in [-0.3, -0.25) is 0 Å². The van der Waals surface area contributed by atoms with Gasteiger partial charge < -0.3 is 10.4 Å². The molecule has 18 heavy (non-hydrogen) atoms. The van der Waals surface area contributed by atoms with E-state index in [0.29, 0.717) is 25.2 Å². The molecule has 0 spiro atoms. The van der Waals surface area contributed by atoms with Gasteiger partial charge in [0.25, 0.3) is 0 Å². The minimum atomic E-state index is -4.54. The van der Waals surface area contributed by atoms with Gasteiger partial charge in [0.15, 0.2) is 0 Å². The number of alkyl halides is 3. The first kappa shape index (κ1) is 13.3. The number of rotatable bonds is 1. The molecule has 2 rings (SSSR count). The zero-order valence-electron chi connectivity index (χ0n) is 9.52. The van der Waals surface area contributed by atoms with Crippen LogP contribution in [0.25, 0.3) is 0 Å². The quantitative estimate of drug-likeness (QED) is 0.763. The van der Waals surface area contributed by atoms with E-state index in [-0.39, 0.29) is 18.4 Å². The van der Waals surface area contributed by atoms with E-state index in [2.05, 4.69) is 5.32 Å². The Morgan fingerprint density at radius 1 is 1.17 bits per heavy atom. The Hall–Kier alpha value is -1.14. The summed E-state index contributed by atoms with van der Waals surface area (Å²) in [6, 6.07) is 2.15. The highest BCUT2D eigenvalue weighted by Crippen LogP contribution is 2.36. The molecule has 1 aliphatic heterocycles. The van der Waals surface area contributed by atoms with Gasteiger partial charge in [0.1, 0.15) is 5.82 Å². The third-order valence-corrected chi connectivity index (χ3v) is 3.23. The normalized spacial score (nSPS) is 19.8. The molecule has 0 saturated carbocycles. The standard InChI is InChI=1S/C12H13F4NO/c13-10-2-1-8(12(14,15)16)7-9(10)11(18)3-5-17-6-4-11/h1-2,7,17-18H,3-6H2. The number of aliphatic hydroxyl groups is 1. The molecule has 1 fully saturated rings. The molecule has 2 nitrogen and oxygen atoms in total. The highest BCUT2D eigenvalue weighted by Gasteiger charge is 2.37. The fourth-order valence-electron chi connectivity index (χ4n) is 2.17. The third kappa shape index (κ3) is 2.49. The van der Waals surface area contributed by atoms with Crippen molar-refractivity contribution in [3.05, 3.63) is 35.1 Å². The van der Waals surface area contributed by atoms with Crippen LogP contribution in [0.5, 0.6) is 0 Å². The molecule has 1 aliphatic rings. The van der Waals surface area contributed by atoms with E-state index in [0.717, 1.165) is 6.07 Å². The predicted molar refractivity (Wildman–Crippen MR) is 57.4 cm³/mol. The van der Waals surface area contributed by atoms with E-state index in [1.165, 1.54) is 0 Å². The zero-order valence-corrected chi connectivity index (χ0v) is 9.52. The Kier molecular flexibility index (Phi) is 3.33. The van der Waals surface area contributed by atoms with Gasteiger partial charge in [-0.1, -0.05) is 0 Å². The van der Waals surface area contributed by atoms with Crippen molar-refractivity contribution in [1.29, 1.82) is 0 Å². The maximum absolute atomic E-state index is 13.6. The van der Waals surface area contributed by atoms with Crippen LogP contribution in [0.2, 0.25) is 0 Å². The molecule has 0 atom stereocenters. The topological polar surface area (TPSA) is 32.3 Å². The number of nitrogens with one attached hydrogen (secondary N) is 1. The summed E-state index contributed by atoms with van der Waals surface area (Å²) in [5, 5.41) is 13.2. The van der Waals surface area contributed by atoms with Gasteiger partial charge in [-0.2, -0.15) is 13.2 Å². The molecule has 2 N–H and O–H groups in total. The number of hydrogen-bond acceptors (Lipinski definition) is 2. The lowest BCUT2D eigenvalue weighted by molar-refractivity contribution is -0.137. The van der Waals surface area contributed by atoms with Crippen molar-refractivity contribution in [3.8, 4) is 0 Å². The van der Waals surface area contributed by atoms with Crippen LogP contribution < -0.4 is 5.32 Å². The number of halogens is 4. The summed E-state index contributed by atoms with van der Waals surface area (Å²) in [5.41, 5.74) is -2.72. The van der Waals surface area contributed by atoms with Crippen molar-refractivity contribution in [2.24, 2.45) is 0 Å². The number of piperidine rings is 1. The number of hydrogen-bond donors (Lipinski definition) is 2. The lowest BCUT2D eigenvalue weighted by atomic mass is 9.84. The molecule has 0 unspecified atom stereocenters. The minimum Gasteiger partial charge on any atom is -0.385 e. The predicted octanol–water partition coefficient (Wildman–Crippen LogP) is 2.42. The summed E-state index contributed by atoms with van der Waals surface area (Å²) in [6.45, 7) is 0.901. The summed E-state index contributed by atoms with van der Waals surface area (Å²) in [6.07, 6.45) is -4.14. The van der Waals surface area contributed by atoms with Gasteiger partial charge in [-0.15, -0.1) is 0 Å². The van der Waals surface area contributed by atoms with E-state index in [4.69, 9.17) is 0 Å². The first-order valence-electron chi connectivity index (χ1n) is 5.63. The van der Waals surface area contributed by atoms with E-state index in [1.54, 1.807) is 0 Å². The highest BCUT2D eigenvalue weighted by molar-refractivity contribution is 5.32. The lowest BCUT2D eigenvalue weighted by Gasteiger charge is -2.33. The maximum Gasteiger partial charge on any atom is 0.416 e. The van der Waals surface area contributed by atoms with Crippen LogP contribution in [0, 0.1) is 5.82 Å². The molecule has 1 aromatic carbocycles. The molecule has 1 heterocycles. The Balaban J connectivity index is 2.43. The van der Waals surface area contributed by atoms with Crippen LogP contribution >= 0.6 is 0 Å². The van der Waals surface area contributed by atoms with Crippen molar-refractivity contribution in [2.75, 3.05) is 13.1 Å². The van der Waals surface area contributed by atoms with Gasteiger partial charge in [-0.05, 0) is 44.1 Å². The van der Waals surface area contributed by atoms with E-state index < -0.39 is 23.2 Å². The molecule has 100 valence electrons. The second kappa shape index (κ2) is 4.51. The molecule has 0 aromatic heterocycles. The van der Waals surface area contributed by atoms with Gasteiger partial charge in [0, 0.05) is 5.56 Å². The van der Waals surface area contributed by atoms with E-state index >= 15 is 0 Å². The van der Waals surface area contributed by atoms with Crippen molar-refractivity contribution >= 4 is 0 Å². The first-order chi connectivity index (χ1) is 8.33. The average Bonchev–Trinajstić information content (AvgIpc) is 2.28. The Morgan fingerprint density at radius 2 is 1.78 bits per heavy atom. The molecule has 6 heteroatoms. The fourth-order valence-corrected chi connectivity index (χ4v) is 2.17. The molecular formula is C12H13F4NO. The fraction of sp³-hybridized carbons (Fsp3) is 0.500. The van der Waals surface area contributed by atoms with Crippen LogP contribution in [-0.2, 0) is 11.8 Å². The molecule has 0 amide bonds. The zero-order chi connectivity index (χ0) is 13.4. The van der Waals surface area contributed by atoms with Gasteiger partial charge in [0.05, 0.1) is 11.2 Å². The van der Waals surface area contributed by atoms with E-state index in [9.17, 15) is 22.7 Å². The van der Waals surface area contributed by atoms with Crippen molar-refractivity contribution in [3.63, 3.8) is 0 Å². The highest BCUT2D eigenvalue weighted by atomic mass is 19.4. The van der Waals surface area contributed by atoms with Crippen LogP contribution in [0.4, 0.5) is 17.6 Å². The van der Waals surface area contributed by atoms with Gasteiger partial charge >= 0.3 is 6.18 Å². The van der Waals surface area contributed by atoms with Crippen molar-refractivity contribution in [2.45, 2.75) is 24.6 Å². The maximum atomic E-state index is 13.6. The Morgan fingerprint density at radius 3 is 2.33 bits per heavy atom. The Labute approximate surface area is 102 Å². The molecular weight excluding hydrogens is 250 g/mol. The second-order valence-corrected chi connectivity index (χ2v) is 4.47. The van der Waals surface area contributed by atoms with E-state index in [1.807, 2.05) is 0 Å².